The zero-order chi connectivity index (χ0) is 23.4. The van der Waals surface area contributed by atoms with Gasteiger partial charge in [0, 0.05) is 30.3 Å². The smallest absolute Gasteiger partial charge is 0.396 e. The Morgan fingerprint density at radius 3 is 2.52 bits per heavy atom. The summed E-state index contributed by atoms with van der Waals surface area (Å²) in [5.74, 6) is 0. The van der Waals surface area contributed by atoms with Gasteiger partial charge in [-0.15, -0.1) is 0 Å². The number of pyridine rings is 1. The summed E-state index contributed by atoms with van der Waals surface area (Å²) in [6, 6.07) is 17.7. The molecule has 0 atom stereocenters. The Labute approximate surface area is 187 Å². The van der Waals surface area contributed by atoms with Crippen LogP contribution in [0, 0.1) is 0 Å². The summed E-state index contributed by atoms with van der Waals surface area (Å²) in [6.07, 6.45) is -0.126. The maximum Gasteiger partial charge on any atom is 0.405 e. The maximum absolute atomic E-state index is 12.3. The second-order valence-corrected chi connectivity index (χ2v) is 7.48. The lowest BCUT2D eigenvalue weighted by Gasteiger charge is -2.10. The van der Waals surface area contributed by atoms with E-state index in [1.165, 1.54) is 0 Å². The highest BCUT2D eigenvalue weighted by Crippen LogP contribution is 2.26. The molecule has 0 saturated carbocycles. The number of alkyl halides is 3. The van der Waals surface area contributed by atoms with E-state index in [9.17, 15) is 18.0 Å². The summed E-state index contributed by atoms with van der Waals surface area (Å²) in [4.78, 5) is 16.4. The van der Waals surface area contributed by atoms with Crippen molar-refractivity contribution in [1.29, 1.82) is 0 Å². The first-order valence-electron chi connectivity index (χ1n) is 10.2. The topological polar surface area (TPSA) is 78.7 Å². The molecule has 0 spiro atoms. The fraction of sp³-hybridized carbons (Fsp3) is 0.167. The van der Waals surface area contributed by atoms with Crippen molar-refractivity contribution in [1.82, 2.24) is 14.7 Å². The Morgan fingerprint density at radius 2 is 1.79 bits per heavy atom. The van der Waals surface area contributed by atoms with Gasteiger partial charge in [-0.05, 0) is 47.4 Å². The van der Waals surface area contributed by atoms with Gasteiger partial charge in [-0.1, -0.05) is 36.4 Å². The van der Waals surface area contributed by atoms with Crippen LogP contribution in [0.15, 0.2) is 73.1 Å². The first-order chi connectivity index (χ1) is 15.8. The van der Waals surface area contributed by atoms with Gasteiger partial charge in [-0.2, -0.15) is 13.2 Å². The summed E-state index contributed by atoms with van der Waals surface area (Å²) in [6.45, 7) is -1.30. The van der Waals surface area contributed by atoms with Crippen LogP contribution >= 0.6 is 0 Å². The van der Waals surface area contributed by atoms with Crippen LogP contribution in [0.25, 0.3) is 28.0 Å². The van der Waals surface area contributed by atoms with Crippen LogP contribution in [0.2, 0.25) is 0 Å². The Morgan fingerprint density at radius 1 is 1.00 bits per heavy atom. The Kier molecular flexibility index (Phi) is 6.32. The van der Waals surface area contributed by atoms with Gasteiger partial charge in [0.1, 0.15) is 12.2 Å². The fourth-order valence-electron chi connectivity index (χ4n) is 3.41. The lowest BCUT2D eigenvalue weighted by atomic mass is 10.0. The third kappa shape index (κ3) is 5.69. The number of nitrogens with zero attached hydrogens (tertiary/aromatic N) is 2. The Balaban J connectivity index is 1.53. The summed E-state index contributed by atoms with van der Waals surface area (Å²) in [5, 5.41) is 13.2. The number of anilines is 1. The number of halogens is 3. The lowest BCUT2D eigenvalue weighted by Crippen LogP contribution is -2.36. The number of urea groups is 1. The highest BCUT2D eigenvalue weighted by atomic mass is 19.4. The number of rotatable bonds is 6. The molecule has 0 unspecified atom stereocenters. The van der Waals surface area contributed by atoms with Crippen LogP contribution in [0.3, 0.4) is 0 Å². The zero-order valence-corrected chi connectivity index (χ0v) is 17.4. The highest BCUT2D eigenvalue weighted by molar-refractivity contribution is 5.90. The van der Waals surface area contributed by atoms with Gasteiger partial charge in [0.25, 0.3) is 0 Å². The number of aliphatic hydroxyl groups is 1. The minimum absolute atomic E-state index is 0.108. The van der Waals surface area contributed by atoms with Crippen molar-refractivity contribution in [3.05, 3.63) is 78.6 Å². The Bertz CT molecular complexity index is 1270. The van der Waals surface area contributed by atoms with Crippen molar-refractivity contribution >= 4 is 17.4 Å². The number of imidazole rings is 1. The second-order valence-electron chi connectivity index (χ2n) is 7.48. The normalized spacial score (nSPS) is 11.5. The zero-order valence-electron chi connectivity index (χ0n) is 17.4. The average Bonchev–Trinajstić information content (AvgIpc) is 3.22. The predicted molar refractivity (Wildman–Crippen MR) is 120 cm³/mol. The molecule has 2 heterocycles. The lowest BCUT2D eigenvalue weighted by molar-refractivity contribution is -0.122. The molecule has 0 saturated heterocycles. The minimum Gasteiger partial charge on any atom is -0.396 e. The third-order valence-electron chi connectivity index (χ3n) is 5.01. The van der Waals surface area contributed by atoms with E-state index in [0.717, 1.165) is 22.3 Å². The molecule has 9 heteroatoms. The van der Waals surface area contributed by atoms with Gasteiger partial charge in [-0.3, -0.25) is 0 Å². The van der Waals surface area contributed by atoms with Crippen LogP contribution in [0.1, 0.15) is 5.56 Å². The molecular weight excluding hydrogens is 433 g/mol. The summed E-state index contributed by atoms with van der Waals surface area (Å²) < 4.78 is 38.7. The van der Waals surface area contributed by atoms with Crippen molar-refractivity contribution in [2.75, 3.05) is 18.5 Å². The van der Waals surface area contributed by atoms with E-state index in [1.54, 1.807) is 29.6 Å². The molecule has 4 aromatic rings. The number of nitrogens with one attached hydrogen (secondary N) is 2. The monoisotopic (exact) mass is 454 g/mol. The molecule has 170 valence electrons. The number of hydrogen-bond donors (Lipinski definition) is 3. The van der Waals surface area contributed by atoms with Crippen molar-refractivity contribution in [3.63, 3.8) is 0 Å². The van der Waals surface area contributed by atoms with E-state index in [-0.39, 0.29) is 6.61 Å². The molecule has 0 radical (unpaired) electrons. The van der Waals surface area contributed by atoms with Crippen molar-refractivity contribution in [2.45, 2.75) is 12.6 Å². The van der Waals surface area contributed by atoms with E-state index in [4.69, 9.17) is 5.11 Å². The summed E-state index contributed by atoms with van der Waals surface area (Å²) in [7, 11) is 0. The van der Waals surface area contributed by atoms with Crippen LogP contribution in [-0.2, 0) is 6.42 Å². The summed E-state index contributed by atoms with van der Waals surface area (Å²) in [5.41, 5.74) is 5.53. The molecule has 2 aromatic heterocycles. The molecule has 33 heavy (non-hydrogen) atoms. The first-order valence-corrected chi connectivity index (χ1v) is 10.2. The van der Waals surface area contributed by atoms with Crippen molar-refractivity contribution in [3.8, 4) is 22.4 Å². The molecule has 2 amide bonds. The number of hydrogen-bond acceptors (Lipinski definition) is 3. The van der Waals surface area contributed by atoms with Crippen LogP contribution in [-0.4, -0.2) is 39.9 Å². The molecule has 0 aliphatic carbocycles. The quantitative estimate of drug-likeness (QED) is 0.388. The predicted octanol–water partition coefficient (Wildman–Crippen LogP) is 4.89. The third-order valence-corrected chi connectivity index (χ3v) is 5.01. The number of benzene rings is 2. The van der Waals surface area contributed by atoms with Gasteiger partial charge >= 0.3 is 12.2 Å². The van der Waals surface area contributed by atoms with E-state index in [2.05, 4.69) is 10.3 Å². The molecule has 3 N–H and O–H groups in total. The van der Waals surface area contributed by atoms with Gasteiger partial charge in [-0.25, -0.2) is 9.78 Å². The summed E-state index contributed by atoms with van der Waals surface area (Å²) >= 11 is 0. The standard InChI is InChI=1S/C24H21F3N4O2/c25-24(26,27)15-28-23(33)29-20-3-1-2-19(12-20)21-14-31-10-8-18(13-22(31)30-21)17-6-4-16(5-7-17)9-11-32/h1-8,10,12-14,32H,9,11,15H2,(H2,28,29,33). The fourth-order valence-corrected chi connectivity index (χ4v) is 3.41. The molecular formula is C24H21F3N4O2. The highest BCUT2D eigenvalue weighted by Gasteiger charge is 2.27. The number of fused-ring (bicyclic) bond motifs is 1. The number of amides is 2. The van der Waals surface area contributed by atoms with Crippen molar-refractivity contribution < 1.29 is 23.1 Å². The molecule has 0 aliphatic heterocycles. The SMILES string of the molecule is O=C(NCC(F)(F)F)Nc1cccc(-c2cn3ccc(-c4ccc(CCO)cc4)cc3n2)c1. The van der Waals surface area contributed by atoms with Crippen LogP contribution < -0.4 is 10.6 Å². The van der Waals surface area contributed by atoms with E-state index in [1.807, 2.05) is 53.2 Å². The number of carbonyl (C=O) groups is 1. The Hall–Kier alpha value is -3.85. The largest absolute Gasteiger partial charge is 0.405 e. The number of aliphatic hydroxyl groups excluding tert-OH is 1. The number of carbonyl (C=O) groups excluding carboxylic acids is 1. The molecule has 0 fully saturated rings. The molecule has 0 bridgehead atoms. The van der Waals surface area contributed by atoms with E-state index in [0.29, 0.717) is 23.4 Å². The molecule has 2 aromatic carbocycles. The maximum atomic E-state index is 12.3. The minimum atomic E-state index is -4.48. The average molecular weight is 454 g/mol. The van der Waals surface area contributed by atoms with E-state index < -0.39 is 18.8 Å². The van der Waals surface area contributed by atoms with Gasteiger partial charge < -0.3 is 20.1 Å². The first kappa shape index (κ1) is 22.3. The van der Waals surface area contributed by atoms with Gasteiger partial charge in [0.05, 0.1) is 5.69 Å². The van der Waals surface area contributed by atoms with Gasteiger partial charge in [0.15, 0.2) is 0 Å². The van der Waals surface area contributed by atoms with E-state index >= 15 is 0 Å². The van der Waals surface area contributed by atoms with Crippen molar-refractivity contribution in [2.24, 2.45) is 0 Å². The van der Waals surface area contributed by atoms with Gasteiger partial charge in [0.2, 0.25) is 0 Å². The molecule has 6 nitrogen and oxygen atoms in total. The molecule has 0 aliphatic rings. The second kappa shape index (κ2) is 9.33. The molecule has 4 rings (SSSR count). The van der Waals surface area contributed by atoms with Crippen LogP contribution in [0.5, 0.6) is 0 Å². The van der Waals surface area contributed by atoms with Crippen LogP contribution in [0.4, 0.5) is 23.7 Å². The number of aromatic nitrogens is 2.